The second-order valence-corrected chi connectivity index (χ2v) is 9.23. The van der Waals surface area contributed by atoms with Crippen molar-refractivity contribution in [3.05, 3.63) is 69.4 Å². The van der Waals surface area contributed by atoms with Crippen molar-refractivity contribution in [1.29, 1.82) is 0 Å². The number of hydrogen-bond donors (Lipinski definition) is 0. The number of amides is 1. The van der Waals surface area contributed by atoms with Gasteiger partial charge in [0.15, 0.2) is 0 Å². The van der Waals surface area contributed by atoms with Crippen LogP contribution in [0.25, 0.3) is 0 Å². The minimum atomic E-state index is -4.54. The van der Waals surface area contributed by atoms with E-state index in [2.05, 4.69) is 27.8 Å². The minimum absolute atomic E-state index is 0.0291. The van der Waals surface area contributed by atoms with E-state index in [0.717, 1.165) is 43.8 Å². The minimum Gasteiger partial charge on any atom is -0.341 e. The fraction of sp³-hybridized carbons (Fsp3) is 0.435. The summed E-state index contributed by atoms with van der Waals surface area (Å²) in [5.41, 5.74) is -0.000851. The van der Waals surface area contributed by atoms with E-state index >= 15 is 0 Å². The van der Waals surface area contributed by atoms with E-state index in [1.165, 1.54) is 23.1 Å². The Morgan fingerprint density at radius 1 is 1.19 bits per heavy atom. The molecule has 168 valence electrons. The zero-order chi connectivity index (χ0) is 22.8. The van der Waals surface area contributed by atoms with Gasteiger partial charge >= 0.3 is 6.18 Å². The number of carbonyl (C=O) groups excluding carboxylic acids is 1. The first-order valence-corrected chi connectivity index (χ1v) is 10.9. The molecule has 31 heavy (non-hydrogen) atoms. The van der Waals surface area contributed by atoms with Gasteiger partial charge in [0.05, 0.1) is 5.56 Å². The number of carbonyl (C=O) groups is 1. The van der Waals surface area contributed by atoms with Crippen LogP contribution in [0.4, 0.5) is 17.6 Å². The largest absolute Gasteiger partial charge is 0.416 e. The number of likely N-dealkylation sites (tertiary alicyclic amines) is 1. The van der Waals surface area contributed by atoms with Crippen LogP contribution in [0.5, 0.6) is 0 Å². The maximum absolute atomic E-state index is 13.4. The average molecular weight is 501 g/mol. The number of rotatable bonds is 7. The molecule has 0 aromatic heterocycles. The second-order valence-electron chi connectivity index (χ2n) is 8.31. The van der Waals surface area contributed by atoms with Gasteiger partial charge in [-0.1, -0.05) is 35.0 Å². The molecule has 3 rings (SSSR count). The van der Waals surface area contributed by atoms with E-state index in [-0.39, 0.29) is 21.8 Å². The standard InChI is InChI=1S/C23H25BrF4N2O/c1-15-12-30(13-15)8-7-17(16-3-5-21(25)6-4-16)14-29(2)22(31)18-9-19(23(26,27)28)11-20(24)10-18/h3-6,9-11,15,17H,7-8,12-14H2,1-2H3. The van der Waals surface area contributed by atoms with Gasteiger partial charge in [0.2, 0.25) is 0 Å². The van der Waals surface area contributed by atoms with Crippen LogP contribution in [-0.2, 0) is 6.18 Å². The molecule has 2 aromatic carbocycles. The van der Waals surface area contributed by atoms with Crippen molar-refractivity contribution in [3.8, 4) is 0 Å². The maximum atomic E-state index is 13.4. The van der Waals surface area contributed by atoms with Crippen LogP contribution >= 0.6 is 15.9 Å². The van der Waals surface area contributed by atoms with Crippen LogP contribution in [0.1, 0.15) is 40.7 Å². The molecule has 1 heterocycles. The van der Waals surface area contributed by atoms with Crippen molar-refractivity contribution in [2.45, 2.75) is 25.4 Å². The van der Waals surface area contributed by atoms with Crippen LogP contribution in [0.3, 0.4) is 0 Å². The molecular weight excluding hydrogens is 476 g/mol. The number of hydrogen-bond acceptors (Lipinski definition) is 2. The van der Waals surface area contributed by atoms with E-state index in [1.54, 1.807) is 19.2 Å². The quantitative estimate of drug-likeness (QED) is 0.448. The normalized spacial score (nSPS) is 16.1. The summed E-state index contributed by atoms with van der Waals surface area (Å²) in [5.74, 6) is -0.207. The van der Waals surface area contributed by atoms with Crippen molar-refractivity contribution >= 4 is 21.8 Å². The van der Waals surface area contributed by atoms with E-state index in [0.29, 0.717) is 12.5 Å². The molecule has 0 aliphatic carbocycles. The lowest BCUT2D eigenvalue weighted by molar-refractivity contribution is -0.137. The van der Waals surface area contributed by atoms with Crippen molar-refractivity contribution in [3.63, 3.8) is 0 Å². The molecule has 3 nitrogen and oxygen atoms in total. The fourth-order valence-corrected chi connectivity index (χ4v) is 4.45. The van der Waals surface area contributed by atoms with Gasteiger partial charge in [-0.05, 0) is 54.8 Å². The van der Waals surface area contributed by atoms with Gasteiger partial charge in [-0.25, -0.2) is 4.39 Å². The summed E-state index contributed by atoms with van der Waals surface area (Å²) in [5, 5.41) is 0. The summed E-state index contributed by atoms with van der Waals surface area (Å²) in [7, 11) is 1.58. The first-order valence-electron chi connectivity index (χ1n) is 10.1. The third-order valence-electron chi connectivity index (χ3n) is 5.59. The number of halogens is 5. The summed E-state index contributed by atoms with van der Waals surface area (Å²) in [6, 6.07) is 9.40. The molecule has 1 unspecified atom stereocenters. The first-order chi connectivity index (χ1) is 14.5. The summed E-state index contributed by atoms with van der Waals surface area (Å²) in [4.78, 5) is 16.7. The Labute approximate surface area is 188 Å². The predicted octanol–water partition coefficient (Wildman–Crippen LogP) is 5.80. The van der Waals surface area contributed by atoms with Gasteiger partial charge in [0.25, 0.3) is 5.91 Å². The molecule has 1 aliphatic heterocycles. The molecule has 0 N–H and O–H groups in total. The highest BCUT2D eigenvalue weighted by Gasteiger charge is 2.32. The Bertz CT molecular complexity index is 911. The summed E-state index contributed by atoms with van der Waals surface area (Å²) < 4.78 is 53.0. The van der Waals surface area contributed by atoms with Gasteiger partial charge in [-0.2, -0.15) is 13.2 Å². The number of nitrogens with zero attached hydrogens (tertiary/aromatic N) is 2. The van der Waals surface area contributed by atoms with Gasteiger partial charge < -0.3 is 9.80 Å². The topological polar surface area (TPSA) is 23.6 Å². The Morgan fingerprint density at radius 2 is 1.84 bits per heavy atom. The van der Waals surface area contributed by atoms with Crippen LogP contribution in [0.2, 0.25) is 0 Å². The molecule has 0 saturated carbocycles. The zero-order valence-electron chi connectivity index (χ0n) is 17.4. The van der Waals surface area contributed by atoms with Crippen LogP contribution in [0.15, 0.2) is 46.9 Å². The van der Waals surface area contributed by atoms with Crippen LogP contribution < -0.4 is 0 Å². The van der Waals surface area contributed by atoms with Crippen molar-refractivity contribution in [2.24, 2.45) is 5.92 Å². The van der Waals surface area contributed by atoms with Crippen LogP contribution in [0, 0.1) is 11.7 Å². The second kappa shape index (κ2) is 9.69. The maximum Gasteiger partial charge on any atom is 0.416 e. The molecule has 1 saturated heterocycles. The van der Waals surface area contributed by atoms with Crippen molar-refractivity contribution < 1.29 is 22.4 Å². The van der Waals surface area contributed by atoms with Gasteiger partial charge in [-0.3, -0.25) is 4.79 Å². The van der Waals surface area contributed by atoms with Gasteiger partial charge in [-0.15, -0.1) is 0 Å². The molecular formula is C23H25BrF4N2O. The van der Waals surface area contributed by atoms with E-state index < -0.39 is 17.6 Å². The SMILES string of the molecule is CC1CN(CCC(CN(C)C(=O)c2cc(Br)cc(C(F)(F)F)c2)c2ccc(F)cc2)C1. The number of benzene rings is 2. The van der Waals surface area contributed by atoms with Crippen molar-refractivity contribution in [2.75, 3.05) is 33.2 Å². The Kier molecular flexibility index (Phi) is 7.42. The summed E-state index contributed by atoms with van der Waals surface area (Å²) >= 11 is 3.07. The van der Waals surface area contributed by atoms with E-state index in [1.807, 2.05) is 0 Å². The first kappa shape index (κ1) is 23.7. The molecule has 1 atom stereocenters. The molecule has 0 spiro atoms. The molecule has 2 aromatic rings. The highest BCUT2D eigenvalue weighted by atomic mass is 79.9. The Balaban J connectivity index is 1.75. The highest BCUT2D eigenvalue weighted by molar-refractivity contribution is 9.10. The Hall–Kier alpha value is -1.93. The summed E-state index contributed by atoms with van der Waals surface area (Å²) in [6.45, 7) is 5.42. The number of alkyl halides is 3. The lowest BCUT2D eigenvalue weighted by Crippen LogP contribution is -2.46. The molecule has 0 bridgehead atoms. The third-order valence-corrected chi connectivity index (χ3v) is 6.05. The number of likely N-dealkylation sites (N-methyl/N-ethyl adjacent to an activating group) is 1. The highest BCUT2D eigenvalue weighted by Crippen LogP contribution is 2.32. The van der Waals surface area contributed by atoms with Gasteiger partial charge in [0.1, 0.15) is 5.82 Å². The van der Waals surface area contributed by atoms with Crippen molar-refractivity contribution in [1.82, 2.24) is 9.80 Å². The predicted molar refractivity (Wildman–Crippen MR) is 115 cm³/mol. The third kappa shape index (κ3) is 6.29. The molecule has 1 amide bonds. The smallest absolute Gasteiger partial charge is 0.341 e. The summed E-state index contributed by atoms with van der Waals surface area (Å²) in [6.07, 6.45) is -3.77. The van der Waals surface area contributed by atoms with Gasteiger partial charge in [0, 0.05) is 42.6 Å². The monoisotopic (exact) mass is 500 g/mol. The molecule has 1 aliphatic rings. The van der Waals surface area contributed by atoms with Crippen LogP contribution in [-0.4, -0.2) is 48.9 Å². The fourth-order valence-electron chi connectivity index (χ4n) is 3.96. The zero-order valence-corrected chi connectivity index (χ0v) is 19.0. The lowest BCUT2D eigenvalue weighted by Gasteiger charge is -2.38. The van der Waals surface area contributed by atoms with E-state index in [9.17, 15) is 22.4 Å². The van der Waals surface area contributed by atoms with E-state index in [4.69, 9.17) is 0 Å². The average Bonchev–Trinajstić information content (AvgIpc) is 2.68. The molecule has 1 fully saturated rings. The molecule has 8 heteroatoms. The lowest BCUT2D eigenvalue weighted by atomic mass is 9.93. The Morgan fingerprint density at radius 3 is 2.42 bits per heavy atom. The molecule has 0 radical (unpaired) electrons.